The van der Waals surface area contributed by atoms with Gasteiger partial charge in [-0.2, -0.15) is 0 Å². The second-order valence-corrected chi connectivity index (χ2v) is 6.30. The molecule has 0 aliphatic rings. The van der Waals surface area contributed by atoms with Gasteiger partial charge in [0, 0.05) is 27.3 Å². The van der Waals surface area contributed by atoms with Crippen molar-refractivity contribution in [1.29, 1.82) is 0 Å². The second-order valence-electron chi connectivity index (χ2n) is 4.44. The van der Waals surface area contributed by atoms with Crippen LogP contribution in [0.1, 0.15) is 44.5 Å². The van der Waals surface area contributed by atoms with E-state index in [-0.39, 0.29) is 6.10 Å². The van der Waals surface area contributed by atoms with Crippen LogP contribution in [0.5, 0.6) is 0 Å². The van der Waals surface area contributed by atoms with Crippen molar-refractivity contribution in [3.05, 3.63) is 20.8 Å². The average Bonchev–Trinajstić information content (AvgIpc) is 2.74. The molecule has 2 nitrogen and oxygen atoms in total. The van der Waals surface area contributed by atoms with Crippen LogP contribution in [-0.2, 0) is 0 Å². The van der Waals surface area contributed by atoms with Gasteiger partial charge in [0.2, 0.25) is 0 Å². The highest BCUT2D eigenvalue weighted by Gasteiger charge is 2.16. The van der Waals surface area contributed by atoms with Crippen molar-refractivity contribution in [1.82, 2.24) is 5.32 Å². The number of halogens is 1. The van der Waals surface area contributed by atoms with Crippen molar-refractivity contribution < 1.29 is 5.11 Å². The van der Waals surface area contributed by atoms with Crippen LogP contribution in [0.4, 0.5) is 0 Å². The van der Waals surface area contributed by atoms with Gasteiger partial charge in [-0.25, -0.2) is 0 Å². The summed E-state index contributed by atoms with van der Waals surface area (Å²) < 4.78 is 1.13. The summed E-state index contributed by atoms with van der Waals surface area (Å²) in [5.41, 5.74) is 0. The third-order valence-electron chi connectivity index (χ3n) is 3.24. The molecular formula is C13H22BrNOS. The van der Waals surface area contributed by atoms with Gasteiger partial charge in [0.15, 0.2) is 0 Å². The Morgan fingerprint density at radius 1 is 1.41 bits per heavy atom. The normalized spacial score (nSPS) is 15.2. The standard InChI is InChI=1S/C13H22BrNOS/c1-4-10(5-2)12(16)7-15-9(3)13-6-11(14)8-17-13/h6,8-10,12,15-16H,4-5,7H2,1-3H3. The zero-order chi connectivity index (χ0) is 12.8. The molecule has 0 spiro atoms. The van der Waals surface area contributed by atoms with Crippen LogP contribution in [0.3, 0.4) is 0 Å². The maximum absolute atomic E-state index is 10.0. The van der Waals surface area contributed by atoms with E-state index in [0.717, 1.165) is 17.3 Å². The van der Waals surface area contributed by atoms with E-state index in [4.69, 9.17) is 0 Å². The molecule has 0 fully saturated rings. The zero-order valence-electron chi connectivity index (χ0n) is 10.7. The lowest BCUT2D eigenvalue weighted by Crippen LogP contribution is -2.33. The highest BCUT2D eigenvalue weighted by Crippen LogP contribution is 2.25. The number of aliphatic hydroxyl groups is 1. The van der Waals surface area contributed by atoms with Crippen LogP contribution in [-0.4, -0.2) is 17.8 Å². The van der Waals surface area contributed by atoms with E-state index in [1.807, 2.05) is 0 Å². The smallest absolute Gasteiger partial charge is 0.0692 e. The molecule has 17 heavy (non-hydrogen) atoms. The van der Waals surface area contributed by atoms with Crippen molar-refractivity contribution in [2.24, 2.45) is 5.92 Å². The minimum absolute atomic E-state index is 0.240. The largest absolute Gasteiger partial charge is 0.392 e. The summed E-state index contributed by atoms with van der Waals surface area (Å²) >= 11 is 5.20. The lowest BCUT2D eigenvalue weighted by Gasteiger charge is -2.22. The summed E-state index contributed by atoms with van der Waals surface area (Å²) in [4.78, 5) is 1.30. The molecule has 0 saturated carbocycles. The molecule has 0 aliphatic heterocycles. The predicted molar refractivity (Wildman–Crippen MR) is 78.5 cm³/mol. The molecule has 0 saturated heterocycles. The highest BCUT2D eigenvalue weighted by atomic mass is 79.9. The van der Waals surface area contributed by atoms with Crippen LogP contribution >= 0.6 is 27.3 Å². The number of aliphatic hydroxyl groups excluding tert-OH is 1. The Kier molecular flexibility index (Phi) is 6.70. The van der Waals surface area contributed by atoms with Gasteiger partial charge in [0.1, 0.15) is 0 Å². The molecule has 0 amide bonds. The van der Waals surface area contributed by atoms with Crippen LogP contribution in [0, 0.1) is 5.92 Å². The number of hydrogen-bond acceptors (Lipinski definition) is 3. The Hall–Kier alpha value is 0.1000. The van der Waals surface area contributed by atoms with E-state index in [0.29, 0.717) is 18.5 Å². The maximum atomic E-state index is 10.0. The topological polar surface area (TPSA) is 32.3 Å². The molecule has 1 rings (SSSR count). The van der Waals surface area contributed by atoms with Gasteiger partial charge in [-0.05, 0) is 34.8 Å². The summed E-state index contributed by atoms with van der Waals surface area (Å²) in [6.07, 6.45) is 1.84. The van der Waals surface area contributed by atoms with Gasteiger partial charge in [0.05, 0.1) is 6.10 Å². The van der Waals surface area contributed by atoms with Crippen molar-refractivity contribution >= 4 is 27.3 Å². The molecular weight excluding hydrogens is 298 g/mol. The van der Waals surface area contributed by atoms with E-state index in [1.165, 1.54) is 4.88 Å². The van der Waals surface area contributed by atoms with E-state index < -0.39 is 0 Å². The van der Waals surface area contributed by atoms with E-state index in [2.05, 4.69) is 53.5 Å². The fourth-order valence-electron chi connectivity index (χ4n) is 1.95. The molecule has 0 radical (unpaired) electrons. The third-order valence-corrected chi connectivity index (χ3v) is 5.12. The molecule has 1 aromatic heterocycles. The Morgan fingerprint density at radius 3 is 2.53 bits per heavy atom. The Balaban J connectivity index is 2.40. The molecule has 2 unspecified atom stereocenters. The average molecular weight is 320 g/mol. The fraction of sp³-hybridized carbons (Fsp3) is 0.692. The van der Waals surface area contributed by atoms with Crippen LogP contribution in [0.25, 0.3) is 0 Å². The van der Waals surface area contributed by atoms with Gasteiger partial charge < -0.3 is 10.4 Å². The van der Waals surface area contributed by atoms with Gasteiger partial charge in [0.25, 0.3) is 0 Å². The first kappa shape index (κ1) is 15.2. The minimum Gasteiger partial charge on any atom is -0.392 e. The monoisotopic (exact) mass is 319 g/mol. The summed E-state index contributed by atoms with van der Waals surface area (Å²) in [6, 6.07) is 2.43. The van der Waals surface area contributed by atoms with Gasteiger partial charge >= 0.3 is 0 Å². The lowest BCUT2D eigenvalue weighted by molar-refractivity contribution is 0.0990. The first-order chi connectivity index (χ1) is 8.08. The third kappa shape index (κ3) is 4.70. The van der Waals surface area contributed by atoms with Gasteiger partial charge in [-0.15, -0.1) is 11.3 Å². The molecule has 1 aromatic rings. The Bertz CT molecular complexity index is 325. The van der Waals surface area contributed by atoms with Crippen molar-refractivity contribution in [3.8, 4) is 0 Å². The van der Waals surface area contributed by atoms with Crippen LogP contribution in [0.15, 0.2) is 15.9 Å². The maximum Gasteiger partial charge on any atom is 0.0692 e. The van der Waals surface area contributed by atoms with Crippen molar-refractivity contribution in [2.45, 2.75) is 45.8 Å². The van der Waals surface area contributed by atoms with Crippen LogP contribution in [0.2, 0.25) is 0 Å². The Morgan fingerprint density at radius 2 is 2.06 bits per heavy atom. The Labute approximate surface area is 117 Å². The number of nitrogens with one attached hydrogen (secondary N) is 1. The molecule has 2 atom stereocenters. The number of rotatable bonds is 7. The number of thiophene rings is 1. The van der Waals surface area contributed by atoms with Gasteiger partial charge in [-0.3, -0.25) is 0 Å². The molecule has 1 heterocycles. The first-order valence-corrected chi connectivity index (χ1v) is 7.91. The lowest BCUT2D eigenvalue weighted by atomic mass is 9.96. The quantitative estimate of drug-likeness (QED) is 0.797. The van der Waals surface area contributed by atoms with Crippen LogP contribution < -0.4 is 5.32 Å². The molecule has 2 N–H and O–H groups in total. The predicted octanol–water partition coefficient (Wildman–Crippen LogP) is 3.96. The van der Waals surface area contributed by atoms with Gasteiger partial charge in [-0.1, -0.05) is 26.7 Å². The molecule has 0 aliphatic carbocycles. The molecule has 98 valence electrons. The highest BCUT2D eigenvalue weighted by molar-refractivity contribution is 9.10. The van der Waals surface area contributed by atoms with Crippen molar-refractivity contribution in [3.63, 3.8) is 0 Å². The molecule has 0 aromatic carbocycles. The molecule has 0 bridgehead atoms. The van der Waals surface area contributed by atoms with E-state index >= 15 is 0 Å². The van der Waals surface area contributed by atoms with E-state index in [1.54, 1.807) is 11.3 Å². The summed E-state index contributed by atoms with van der Waals surface area (Å²) in [5.74, 6) is 0.407. The van der Waals surface area contributed by atoms with Crippen molar-refractivity contribution in [2.75, 3.05) is 6.54 Å². The minimum atomic E-state index is -0.240. The number of hydrogen-bond donors (Lipinski definition) is 2. The fourth-order valence-corrected chi connectivity index (χ4v) is 3.43. The molecule has 4 heteroatoms. The zero-order valence-corrected chi connectivity index (χ0v) is 13.1. The first-order valence-electron chi connectivity index (χ1n) is 6.23. The summed E-state index contributed by atoms with van der Waals surface area (Å²) in [7, 11) is 0. The summed E-state index contributed by atoms with van der Waals surface area (Å²) in [5, 5.41) is 15.5. The second kappa shape index (κ2) is 7.52. The summed E-state index contributed by atoms with van der Waals surface area (Å²) in [6.45, 7) is 7.08. The van der Waals surface area contributed by atoms with E-state index in [9.17, 15) is 5.11 Å². The SMILES string of the molecule is CCC(CC)C(O)CNC(C)c1cc(Br)cs1.